The number of quaternary nitrogens is 2. The molecule has 23 heavy (non-hydrogen) atoms. The lowest BCUT2D eigenvalue weighted by Gasteiger charge is -2.43. The number of nitrogens with zero attached hydrogens (tertiary/aromatic N) is 2. The molecule has 0 fully saturated rings. The monoisotopic (exact) mass is 544 g/mol. The minimum Gasteiger partial charge on any atom is -1.00 e. The van der Waals surface area contributed by atoms with Gasteiger partial charge in [0.2, 0.25) is 0 Å². The normalized spacial score (nSPS) is 17.7. The maximum absolute atomic E-state index is 2.44. The van der Waals surface area contributed by atoms with Gasteiger partial charge in [0.05, 0.1) is 40.3 Å². The second-order valence-electron chi connectivity index (χ2n) is 7.64. The van der Waals surface area contributed by atoms with Gasteiger partial charge in [-0.25, -0.2) is 0 Å². The number of benzene rings is 1. The molecule has 0 radical (unpaired) electrons. The van der Waals surface area contributed by atoms with Crippen LogP contribution in [0.4, 0.5) is 0 Å². The fourth-order valence-corrected chi connectivity index (χ4v) is 3.50. The van der Waals surface area contributed by atoms with Crippen molar-refractivity contribution in [2.75, 3.05) is 47.3 Å². The maximum atomic E-state index is 2.44. The van der Waals surface area contributed by atoms with Gasteiger partial charge in [-0.2, -0.15) is 0 Å². The summed E-state index contributed by atoms with van der Waals surface area (Å²) in [5, 5.41) is 0. The van der Waals surface area contributed by atoms with Gasteiger partial charge in [0.25, 0.3) is 0 Å². The predicted molar refractivity (Wildman–Crippen MR) is 91.4 cm³/mol. The summed E-state index contributed by atoms with van der Waals surface area (Å²) >= 11 is 0. The Kier molecular flexibility index (Phi) is 10.2. The highest BCUT2D eigenvalue weighted by molar-refractivity contribution is 5.29. The van der Waals surface area contributed by atoms with Crippen molar-refractivity contribution in [3.63, 3.8) is 0 Å². The van der Waals surface area contributed by atoms with E-state index in [-0.39, 0.29) is 48.0 Å². The Morgan fingerprint density at radius 2 is 1.48 bits per heavy atom. The molecule has 1 aliphatic rings. The van der Waals surface area contributed by atoms with Crippen LogP contribution >= 0.6 is 0 Å². The van der Waals surface area contributed by atoms with Crippen LogP contribution in [0.15, 0.2) is 24.3 Å². The minimum atomic E-state index is 0. The number of halogens is 2. The lowest BCUT2D eigenvalue weighted by molar-refractivity contribution is -0.965. The Morgan fingerprint density at radius 1 is 0.913 bits per heavy atom. The molecule has 0 bridgehead atoms. The number of aryl methyl sites for hydroxylation is 1. The fraction of sp³-hybridized carbons (Fsp3) is 0.684. The minimum absolute atomic E-state index is 0. The molecular formula is C19H34I2N2. The highest BCUT2D eigenvalue weighted by Gasteiger charge is 2.33. The number of fused-ring (bicyclic) bond motifs is 1. The zero-order valence-corrected chi connectivity index (χ0v) is 19.8. The number of rotatable bonds is 6. The molecular weight excluding hydrogens is 510 g/mol. The Bertz CT molecular complexity index is 470. The van der Waals surface area contributed by atoms with Crippen molar-refractivity contribution in [1.29, 1.82) is 0 Å². The molecule has 2 rings (SSSR count). The average molecular weight is 544 g/mol. The number of likely N-dealkylation sites (N-methyl/N-ethyl adjacent to an activating group) is 2. The van der Waals surface area contributed by atoms with E-state index in [0.29, 0.717) is 0 Å². The van der Waals surface area contributed by atoms with Gasteiger partial charge in [-0.05, 0) is 31.4 Å². The van der Waals surface area contributed by atoms with Gasteiger partial charge in [0.15, 0.2) is 0 Å². The van der Waals surface area contributed by atoms with Crippen molar-refractivity contribution in [3.05, 3.63) is 35.4 Å². The highest BCUT2D eigenvalue weighted by Crippen LogP contribution is 2.27. The van der Waals surface area contributed by atoms with Gasteiger partial charge >= 0.3 is 0 Å². The Hall–Kier alpha value is 0.600. The first-order chi connectivity index (χ1) is 9.90. The maximum Gasteiger partial charge on any atom is 0.128 e. The molecule has 134 valence electrons. The summed E-state index contributed by atoms with van der Waals surface area (Å²) in [6, 6.07) is 9.81. The van der Waals surface area contributed by atoms with E-state index in [1.54, 1.807) is 11.1 Å². The topological polar surface area (TPSA) is 0 Å². The zero-order valence-electron chi connectivity index (χ0n) is 15.5. The smallest absolute Gasteiger partial charge is 0.128 e. The first-order valence-corrected chi connectivity index (χ1v) is 8.63. The van der Waals surface area contributed by atoms with Crippen LogP contribution in [0.2, 0.25) is 0 Å². The lowest BCUT2D eigenvalue weighted by Crippen LogP contribution is -3.00. The second-order valence-corrected chi connectivity index (χ2v) is 7.64. The van der Waals surface area contributed by atoms with Crippen LogP contribution in [-0.2, 0) is 12.8 Å². The standard InChI is InChI=1S/C19H34N2.2HI/c1-6-21(5,7-2)15-14-20(3,4)19-13-12-17-10-8-9-11-18(17)16-19;;/h8-11,19H,6-7,12-16H2,1-5H3;2*1H/q+2;;/p-2. The molecule has 0 heterocycles. The predicted octanol–water partition coefficient (Wildman–Crippen LogP) is -2.89. The molecule has 1 aliphatic carbocycles. The molecule has 0 spiro atoms. The zero-order chi connectivity index (χ0) is 15.5. The Balaban J connectivity index is 0.00000242. The van der Waals surface area contributed by atoms with Crippen molar-refractivity contribution in [3.8, 4) is 0 Å². The van der Waals surface area contributed by atoms with Crippen molar-refractivity contribution in [2.24, 2.45) is 0 Å². The van der Waals surface area contributed by atoms with E-state index in [9.17, 15) is 0 Å². The summed E-state index contributed by atoms with van der Waals surface area (Å²) < 4.78 is 2.37. The van der Waals surface area contributed by atoms with Crippen LogP contribution in [0.5, 0.6) is 0 Å². The van der Waals surface area contributed by atoms with E-state index in [2.05, 4.69) is 59.3 Å². The summed E-state index contributed by atoms with van der Waals surface area (Å²) in [6.45, 7) is 9.69. The van der Waals surface area contributed by atoms with Crippen LogP contribution < -0.4 is 48.0 Å². The van der Waals surface area contributed by atoms with E-state index in [4.69, 9.17) is 0 Å². The van der Waals surface area contributed by atoms with E-state index in [0.717, 1.165) is 6.04 Å². The first kappa shape index (κ1) is 23.6. The van der Waals surface area contributed by atoms with Gasteiger partial charge in [-0.3, -0.25) is 0 Å². The Labute approximate surface area is 177 Å². The molecule has 1 aromatic rings. The van der Waals surface area contributed by atoms with E-state index >= 15 is 0 Å². The molecule has 1 aromatic carbocycles. The quantitative estimate of drug-likeness (QED) is 0.267. The molecule has 4 heteroatoms. The second kappa shape index (κ2) is 9.92. The van der Waals surface area contributed by atoms with Crippen molar-refractivity contribution in [1.82, 2.24) is 0 Å². The van der Waals surface area contributed by atoms with Gasteiger partial charge in [0, 0.05) is 12.8 Å². The molecule has 1 atom stereocenters. The number of hydrogen-bond donors (Lipinski definition) is 0. The molecule has 1 unspecified atom stereocenters. The van der Waals surface area contributed by atoms with Gasteiger partial charge in [-0.1, -0.05) is 24.3 Å². The third-order valence-corrected chi connectivity index (χ3v) is 6.05. The third kappa shape index (κ3) is 6.12. The first-order valence-electron chi connectivity index (χ1n) is 8.63. The summed E-state index contributed by atoms with van der Waals surface area (Å²) in [7, 11) is 7.28. The molecule has 2 nitrogen and oxygen atoms in total. The lowest BCUT2D eigenvalue weighted by atomic mass is 9.87. The molecule has 0 N–H and O–H groups in total. The van der Waals surface area contributed by atoms with Crippen LogP contribution in [-0.4, -0.2) is 62.3 Å². The van der Waals surface area contributed by atoms with Crippen LogP contribution in [0.25, 0.3) is 0 Å². The van der Waals surface area contributed by atoms with Crippen molar-refractivity contribution < 1.29 is 56.9 Å². The van der Waals surface area contributed by atoms with Gasteiger partial charge < -0.3 is 56.9 Å². The summed E-state index contributed by atoms with van der Waals surface area (Å²) in [4.78, 5) is 0. The number of hydrogen-bond acceptors (Lipinski definition) is 0. The van der Waals surface area contributed by atoms with Gasteiger partial charge in [-0.15, -0.1) is 0 Å². The van der Waals surface area contributed by atoms with Gasteiger partial charge in [0.1, 0.15) is 13.1 Å². The Morgan fingerprint density at radius 3 is 2.04 bits per heavy atom. The summed E-state index contributed by atoms with van der Waals surface area (Å²) in [5.41, 5.74) is 3.17. The highest BCUT2D eigenvalue weighted by atomic mass is 127. The molecule has 0 aliphatic heterocycles. The molecule has 0 aromatic heterocycles. The molecule has 0 saturated carbocycles. The van der Waals surface area contributed by atoms with E-state index in [1.807, 2.05) is 0 Å². The van der Waals surface area contributed by atoms with Crippen LogP contribution in [0.1, 0.15) is 31.4 Å². The average Bonchev–Trinajstić information content (AvgIpc) is 2.52. The van der Waals surface area contributed by atoms with E-state index < -0.39 is 0 Å². The molecule has 0 amide bonds. The third-order valence-electron chi connectivity index (χ3n) is 6.05. The van der Waals surface area contributed by atoms with E-state index in [1.165, 1.54) is 54.4 Å². The largest absolute Gasteiger partial charge is 1.00 e. The SMILES string of the molecule is CC[N+](C)(CC)CC[N+](C)(C)C1CCc2ccccc2C1.[I-].[I-]. The van der Waals surface area contributed by atoms with Crippen LogP contribution in [0.3, 0.4) is 0 Å². The summed E-state index contributed by atoms with van der Waals surface area (Å²) in [6.07, 6.45) is 3.85. The van der Waals surface area contributed by atoms with Crippen molar-refractivity contribution in [2.45, 2.75) is 39.2 Å². The molecule has 0 saturated heterocycles. The van der Waals surface area contributed by atoms with Crippen molar-refractivity contribution >= 4 is 0 Å². The summed E-state index contributed by atoms with van der Waals surface area (Å²) in [5.74, 6) is 0. The van der Waals surface area contributed by atoms with Crippen LogP contribution in [0, 0.1) is 0 Å². The fourth-order valence-electron chi connectivity index (χ4n) is 3.50.